The van der Waals surface area contributed by atoms with Gasteiger partial charge < -0.3 is 19.7 Å². The number of halogens is 1. The van der Waals surface area contributed by atoms with Crippen molar-refractivity contribution in [1.82, 2.24) is 9.88 Å². The molecule has 2 atom stereocenters. The molecule has 4 aromatic rings. The molecule has 1 aromatic heterocycles. The number of ether oxygens (including phenoxy) is 1. The van der Waals surface area contributed by atoms with E-state index in [2.05, 4.69) is 10.0 Å². The van der Waals surface area contributed by atoms with Gasteiger partial charge in [-0.2, -0.15) is 0 Å². The summed E-state index contributed by atoms with van der Waals surface area (Å²) in [5.74, 6) is 0.784. The number of hydrogen-bond acceptors (Lipinski definition) is 5. The van der Waals surface area contributed by atoms with E-state index in [1.807, 2.05) is 79.3 Å². The summed E-state index contributed by atoms with van der Waals surface area (Å²) in [5.41, 5.74) is 2.69. The van der Waals surface area contributed by atoms with Crippen molar-refractivity contribution in [2.75, 3.05) is 11.3 Å². The fraction of sp³-hybridized carbons (Fsp3) is 0.241. The van der Waals surface area contributed by atoms with Crippen LogP contribution in [-0.4, -0.2) is 36.3 Å². The normalized spacial score (nSPS) is 18.1. The predicted octanol–water partition coefficient (Wildman–Crippen LogP) is 5.11. The molecule has 2 unspecified atom stereocenters. The summed E-state index contributed by atoms with van der Waals surface area (Å²) in [6, 6.07) is 25.5. The van der Waals surface area contributed by atoms with E-state index in [-0.39, 0.29) is 23.3 Å². The van der Waals surface area contributed by atoms with Gasteiger partial charge in [-0.1, -0.05) is 30.3 Å². The predicted molar refractivity (Wildman–Crippen MR) is 152 cm³/mol. The van der Waals surface area contributed by atoms with E-state index < -0.39 is 21.7 Å². The van der Waals surface area contributed by atoms with Gasteiger partial charge in [0.05, 0.1) is 10.9 Å². The number of aliphatic hydroxyl groups is 1. The molecular weight excluding hydrogens is 522 g/mol. The fourth-order valence-corrected chi connectivity index (χ4v) is 5.66. The number of sulfonamides is 1. The van der Waals surface area contributed by atoms with E-state index in [1.165, 1.54) is 0 Å². The van der Waals surface area contributed by atoms with Crippen LogP contribution in [0.2, 0.25) is 0 Å². The Labute approximate surface area is 229 Å². The van der Waals surface area contributed by atoms with Gasteiger partial charge in [0.1, 0.15) is 17.5 Å². The zero-order valence-electron chi connectivity index (χ0n) is 21.2. The Kier molecular flexibility index (Phi) is 8.18. The van der Waals surface area contributed by atoms with Gasteiger partial charge in [0.25, 0.3) is 10.0 Å². The van der Waals surface area contributed by atoms with Crippen molar-refractivity contribution >= 4 is 28.1 Å². The zero-order valence-corrected chi connectivity index (χ0v) is 22.9. The third-order valence-corrected chi connectivity index (χ3v) is 8.09. The van der Waals surface area contributed by atoms with Crippen LogP contribution in [0.15, 0.2) is 102 Å². The molecule has 0 saturated heterocycles. The van der Waals surface area contributed by atoms with Crippen LogP contribution in [0.4, 0.5) is 5.69 Å². The van der Waals surface area contributed by atoms with Crippen LogP contribution < -0.4 is 14.8 Å². The Bertz CT molecular complexity index is 1450. The van der Waals surface area contributed by atoms with E-state index in [0.29, 0.717) is 12.2 Å². The van der Waals surface area contributed by atoms with Crippen LogP contribution in [0, 0.1) is 0 Å². The van der Waals surface area contributed by atoms with Crippen LogP contribution in [0.25, 0.3) is 5.69 Å². The van der Waals surface area contributed by atoms with Gasteiger partial charge in [-0.15, -0.1) is 12.4 Å². The highest BCUT2D eigenvalue weighted by Gasteiger charge is 2.42. The molecule has 0 bridgehead atoms. The zero-order chi connectivity index (χ0) is 26.0. The highest BCUT2D eigenvalue weighted by Crippen LogP contribution is 2.39. The third kappa shape index (κ3) is 5.89. The number of hydrogen-bond donors (Lipinski definition) is 3. The van der Waals surface area contributed by atoms with Crippen molar-refractivity contribution < 1.29 is 18.3 Å². The quantitative estimate of drug-likeness (QED) is 0.282. The van der Waals surface area contributed by atoms with Gasteiger partial charge in [-0.05, 0) is 87.0 Å². The lowest BCUT2D eigenvalue weighted by molar-refractivity contribution is -0.0643. The summed E-state index contributed by atoms with van der Waals surface area (Å²) >= 11 is 0. The molecule has 1 aliphatic heterocycles. The minimum atomic E-state index is -3.70. The Balaban J connectivity index is 0.00000336. The number of anilines is 1. The van der Waals surface area contributed by atoms with Gasteiger partial charge in [-0.3, -0.25) is 4.72 Å². The minimum Gasteiger partial charge on any atom is -0.485 e. The Morgan fingerprint density at radius 1 is 0.921 bits per heavy atom. The average Bonchev–Trinajstić information content (AvgIpc) is 3.42. The first-order chi connectivity index (χ1) is 17.7. The van der Waals surface area contributed by atoms with Crippen LogP contribution in [0.3, 0.4) is 0 Å². The second kappa shape index (κ2) is 11.2. The summed E-state index contributed by atoms with van der Waals surface area (Å²) in [6.45, 7) is 4.42. The Hall–Kier alpha value is -3.30. The topological polar surface area (TPSA) is 92.6 Å². The Morgan fingerprint density at radius 2 is 1.58 bits per heavy atom. The van der Waals surface area contributed by atoms with E-state index in [9.17, 15) is 13.5 Å². The first-order valence-electron chi connectivity index (χ1n) is 12.3. The van der Waals surface area contributed by atoms with E-state index in [0.717, 1.165) is 29.0 Å². The van der Waals surface area contributed by atoms with E-state index in [1.54, 1.807) is 36.4 Å². The fourth-order valence-electron chi connectivity index (χ4n) is 4.60. The smallest absolute Gasteiger partial charge is 0.261 e. The summed E-state index contributed by atoms with van der Waals surface area (Å²) in [4.78, 5) is 0.204. The molecule has 0 aliphatic carbocycles. The lowest BCUT2D eigenvalue weighted by atomic mass is 9.86. The van der Waals surface area contributed by atoms with Gasteiger partial charge in [0.15, 0.2) is 0 Å². The molecule has 0 fully saturated rings. The van der Waals surface area contributed by atoms with E-state index in [4.69, 9.17) is 4.74 Å². The largest absolute Gasteiger partial charge is 0.485 e. The molecule has 5 rings (SSSR count). The third-order valence-electron chi connectivity index (χ3n) is 6.69. The van der Waals surface area contributed by atoms with Crippen LogP contribution in [0.1, 0.15) is 31.0 Å². The van der Waals surface area contributed by atoms with Gasteiger partial charge in [0.2, 0.25) is 0 Å². The van der Waals surface area contributed by atoms with Gasteiger partial charge in [0, 0.05) is 29.3 Å². The highest BCUT2D eigenvalue weighted by molar-refractivity contribution is 7.92. The second-order valence-corrected chi connectivity index (χ2v) is 11.4. The van der Waals surface area contributed by atoms with Crippen molar-refractivity contribution in [3.05, 3.63) is 108 Å². The molecule has 2 heterocycles. The van der Waals surface area contributed by atoms with Crippen LogP contribution in [0.5, 0.6) is 5.75 Å². The maximum absolute atomic E-state index is 12.9. The van der Waals surface area contributed by atoms with Crippen molar-refractivity contribution in [2.24, 2.45) is 0 Å². The molecule has 0 radical (unpaired) electrons. The molecule has 200 valence electrons. The van der Waals surface area contributed by atoms with E-state index >= 15 is 0 Å². The van der Waals surface area contributed by atoms with Gasteiger partial charge in [-0.25, -0.2) is 8.42 Å². The minimum absolute atomic E-state index is 0. The van der Waals surface area contributed by atoms with Gasteiger partial charge >= 0.3 is 0 Å². The molecular formula is C29H32ClN3O4S. The second-order valence-electron chi connectivity index (χ2n) is 9.76. The first-order valence-corrected chi connectivity index (χ1v) is 13.8. The number of rotatable bonds is 8. The Morgan fingerprint density at radius 3 is 2.26 bits per heavy atom. The van der Waals surface area contributed by atoms with Crippen molar-refractivity contribution in [3.8, 4) is 11.4 Å². The maximum Gasteiger partial charge on any atom is 0.261 e. The molecule has 7 nitrogen and oxygen atoms in total. The standard InChI is InChI=1S/C29H31N3O4S.ClH/c1-29(2)28(33)27(25-7-3-4-8-26(25)36-29)30-18-17-21-9-11-22(12-10-21)31-37(34,35)24-15-13-23(14-16-24)32-19-5-6-20-32;/h3-16,19-20,27-28,30-31,33H,17-18H2,1-2H3;1H. The lowest BCUT2D eigenvalue weighted by Crippen LogP contribution is -2.52. The SMILES string of the molecule is CC1(C)Oc2ccccc2C(NCCc2ccc(NS(=O)(=O)c3ccc(-n4cccc4)cc3)cc2)C1O.Cl. The maximum atomic E-state index is 12.9. The number of aromatic nitrogens is 1. The number of para-hydroxylation sites is 1. The van der Waals surface area contributed by atoms with Crippen LogP contribution in [-0.2, 0) is 16.4 Å². The first kappa shape index (κ1) is 27.7. The average molecular weight is 554 g/mol. The van der Waals surface area contributed by atoms with Crippen molar-refractivity contribution in [3.63, 3.8) is 0 Å². The molecule has 0 spiro atoms. The monoisotopic (exact) mass is 553 g/mol. The number of aliphatic hydroxyl groups excluding tert-OH is 1. The highest BCUT2D eigenvalue weighted by atomic mass is 35.5. The molecule has 1 aliphatic rings. The summed E-state index contributed by atoms with van der Waals surface area (Å²) in [7, 11) is -3.70. The number of fused-ring (bicyclic) bond motifs is 1. The molecule has 0 saturated carbocycles. The summed E-state index contributed by atoms with van der Waals surface area (Å²) in [5, 5.41) is 14.4. The molecule has 3 N–H and O–H groups in total. The van der Waals surface area contributed by atoms with Crippen LogP contribution >= 0.6 is 12.4 Å². The summed E-state index contributed by atoms with van der Waals surface area (Å²) < 4.78 is 36.3. The number of nitrogens with zero attached hydrogens (tertiary/aromatic N) is 1. The number of benzene rings is 3. The number of nitrogens with one attached hydrogen (secondary N) is 2. The molecule has 38 heavy (non-hydrogen) atoms. The van der Waals surface area contributed by atoms with Crippen molar-refractivity contribution in [2.45, 2.75) is 42.9 Å². The summed E-state index contributed by atoms with van der Waals surface area (Å²) in [6.07, 6.45) is 3.84. The van der Waals surface area contributed by atoms with Crippen molar-refractivity contribution in [1.29, 1.82) is 0 Å². The molecule has 0 amide bonds. The molecule has 9 heteroatoms. The lowest BCUT2D eigenvalue weighted by Gasteiger charge is -2.42. The molecule has 3 aromatic carbocycles.